The van der Waals surface area contributed by atoms with E-state index >= 15 is 0 Å². The molecule has 0 saturated carbocycles. The summed E-state index contributed by atoms with van der Waals surface area (Å²) in [6.45, 7) is 14.8. The van der Waals surface area contributed by atoms with Crippen molar-refractivity contribution in [3.05, 3.63) is 71.4 Å². The number of benzene rings is 2. The molecule has 1 aliphatic heterocycles. The molecule has 35 heavy (non-hydrogen) atoms. The van der Waals surface area contributed by atoms with Gasteiger partial charge in [-0.2, -0.15) is 0 Å². The molecule has 0 saturated heterocycles. The second-order valence-electron chi connectivity index (χ2n) is 9.05. The Kier molecular flexibility index (Phi) is 14.1. The highest BCUT2D eigenvalue weighted by Gasteiger charge is 2.13. The normalized spacial score (nSPS) is 13.9. The Labute approximate surface area is 218 Å². The first-order chi connectivity index (χ1) is 16.7. The van der Waals surface area contributed by atoms with Gasteiger partial charge >= 0.3 is 0 Å². The van der Waals surface area contributed by atoms with Gasteiger partial charge in [0.2, 0.25) is 5.91 Å². The second kappa shape index (κ2) is 16.2. The maximum Gasteiger partial charge on any atom is 0.228 e. The molecule has 0 atom stereocenters. The van der Waals surface area contributed by atoms with E-state index in [0.717, 1.165) is 42.1 Å². The minimum Gasteiger partial charge on any atom is -0.348 e. The average molecular weight is 496 g/mol. The number of aliphatic imine (C=N–C) groups is 1. The molecule has 0 bridgehead atoms. The molecular weight excluding hydrogens is 450 g/mol. The number of amidine groups is 1. The van der Waals surface area contributed by atoms with Crippen LogP contribution in [0, 0.1) is 0 Å². The van der Waals surface area contributed by atoms with E-state index < -0.39 is 0 Å². The molecule has 2 N–H and O–H groups in total. The standard InChI is InChI=1S/C20H25NOS.C8H14N2.C2H6/c1-5-23-18-12-6-15(7-13-18)14-19(22)21-17-10-8-16(9-11-17)20(2,3)4;1-3-7-5-4-6-8(9-2)10-7;1-2/h6-13H,5,14H2,1-4H3,(H,21,22);5H,3-4,6H2,1-2H3,(H,9,10);1-2H3. The van der Waals surface area contributed by atoms with Gasteiger partial charge in [-0.15, -0.1) is 11.8 Å². The first-order valence-electron chi connectivity index (χ1n) is 12.8. The number of carbonyl (C=O) groups is 1. The number of amides is 1. The summed E-state index contributed by atoms with van der Waals surface area (Å²) in [5.74, 6) is 2.20. The predicted octanol–water partition coefficient (Wildman–Crippen LogP) is 8.00. The lowest BCUT2D eigenvalue weighted by molar-refractivity contribution is -0.115. The van der Waals surface area contributed by atoms with E-state index in [1.54, 1.807) is 0 Å². The number of hydrogen-bond acceptors (Lipinski definition) is 3. The molecule has 0 fully saturated rings. The summed E-state index contributed by atoms with van der Waals surface area (Å²) >= 11 is 1.81. The van der Waals surface area contributed by atoms with Crippen LogP contribution in [0.3, 0.4) is 0 Å². The Morgan fingerprint density at radius 1 is 1.03 bits per heavy atom. The highest BCUT2D eigenvalue weighted by atomic mass is 32.2. The van der Waals surface area contributed by atoms with Gasteiger partial charge < -0.3 is 10.6 Å². The first kappa shape index (κ1) is 30.5. The molecular formula is C30H45N3OS. The summed E-state index contributed by atoms with van der Waals surface area (Å²) in [7, 11) is 1.83. The van der Waals surface area contributed by atoms with E-state index in [0.29, 0.717) is 6.42 Å². The number of nitrogens with one attached hydrogen (secondary N) is 2. The molecule has 0 unspecified atom stereocenters. The maximum atomic E-state index is 12.2. The molecule has 2 aromatic carbocycles. The predicted molar refractivity (Wildman–Crippen MR) is 156 cm³/mol. The maximum absolute atomic E-state index is 12.2. The zero-order valence-corrected chi connectivity index (χ0v) is 23.8. The fourth-order valence-electron chi connectivity index (χ4n) is 3.40. The smallest absolute Gasteiger partial charge is 0.228 e. The highest BCUT2D eigenvalue weighted by Crippen LogP contribution is 2.23. The van der Waals surface area contributed by atoms with E-state index in [-0.39, 0.29) is 11.3 Å². The van der Waals surface area contributed by atoms with Crippen LogP contribution in [0.1, 0.15) is 78.9 Å². The third-order valence-corrected chi connectivity index (χ3v) is 6.26. The van der Waals surface area contributed by atoms with Gasteiger partial charge in [0.1, 0.15) is 5.84 Å². The molecule has 0 spiro atoms. The Hall–Kier alpha value is -2.53. The molecule has 1 aliphatic rings. The number of thioether (sulfide) groups is 1. The van der Waals surface area contributed by atoms with Crippen LogP contribution in [-0.4, -0.2) is 24.5 Å². The van der Waals surface area contributed by atoms with Crippen molar-refractivity contribution in [2.24, 2.45) is 4.99 Å². The summed E-state index contributed by atoms with van der Waals surface area (Å²) in [5, 5.41) is 6.23. The SMILES string of the molecule is CC.CCC1=CCCC(=NC)N1.CCSc1ccc(CC(=O)Nc2ccc(C(C)(C)C)cc2)cc1. The summed E-state index contributed by atoms with van der Waals surface area (Å²) in [6.07, 6.45) is 5.94. The third-order valence-electron chi connectivity index (χ3n) is 5.36. The average Bonchev–Trinajstić information content (AvgIpc) is 2.87. The van der Waals surface area contributed by atoms with Gasteiger partial charge in [-0.1, -0.05) is 78.8 Å². The minimum absolute atomic E-state index is 0.0180. The number of anilines is 1. The van der Waals surface area contributed by atoms with Gasteiger partial charge in [-0.05, 0) is 59.4 Å². The van der Waals surface area contributed by atoms with Gasteiger partial charge in [0.15, 0.2) is 0 Å². The first-order valence-corrected chi connectivity index (χ1v) is 13.8. The van der Waals surface area contributed by atoms with E-state index in [1.165, 1.54) is 16.2 Å². The van der Waals surface area contributed by atoms with Crippen molar-refractivity contribution in [1.29, 1.82) is 0 Å². The van der Waals surface area contributed by atoms with Crippen LogP contribution >= 0.6 is 11.8 Å². The van der Waals surface area contributed by atoms with Gasteiger partial charge in [-0.25, -0.2) is 0 Å². The Morgan fingerprint density at radius 3 is 2.17 bits per heavy atom. The lowest BCUT2D eigenvalue weighted by atomic mass is 9.87. The van der Waals surface area contributed by atoms with E-state index in [2.05, 4.69) is 80.6 Å². The monoisotopic (exact) mass is 495 g/mol. The molecule has 0 radical (unpaired) electrons. The van der Waals surface area contributed by atoms with Crippen LogP contribution < -0.4 is 10.6 Å². The number of rotatable bonds is 6. The van der Waals surface area contributed by atoms with Crippen LogP contribution in [0.15, 0.2) is 70.2 Å². The minimum atomic E-state index is 0.0180. The summed E-state index contributed by atoms with van der Waals surface area (Å²) < 4.78 is 0. The van der Waals surface area contributed by atoms with Crippen molar-refractivity contribution >= 4 is 29.2 Å². The number of nitrogens with zero attached hydrogens (tertiary/aromatic N) is 1. The van der Waals surface area contributed by atoms with Gasteiger partial charge in [0, 0.05) is 29.7 Å². The highest BCUT2D eigenvalue weighted by molar-refractivity contribution is 7.99. The van der Waals surface area contributed by atoms with Crippen LogP contribution in [-0.2, 0) is 16.6 Å². The van der Waals surface area contributed by atoms with E-state index in [1.807, 2.05) is 56.9 Å². The van der Waals surface area contributed by atoms with E-state index in [4.69, 9.17) is 0 Å². The van der Waals surface area contributed by atoms with Crippen LogP contribution in [0.25, 0.3) is 0 Å². The largest absolute Gasteiger partial charge is 0.348 e. The van der Waals surface area contributed by atoms with Gasteiger partial charge in [0.25, 0.3) is 0 Å². The molecule has 0 aliphatic carbocycles. The third kappa shape index (κ3) is 11.6. The quantitative estimate of drug-likeness (QED) is 0.399. The number of hydrogen-bond donors (Lipinski definition) is 2. The van der Waals surface area contributed by atoms with Crippen molar-refractivity contribution in [3.8, 4) is 0 Å². The summed E-state index contributed by atoms with van der Waals surface area (Å²) in [5.41, 5.74) is 4.59. The molecule has 4 nitrogen and oxygen atoms in total. The van der Waals surface area contributed by atoms with E-state index in [9.17, 15) is 4.79 Å². The van der Waals surface area contributed by atoms with Crippen molar-refractivity contribution in [1.82, 2.24) is 5.32 Å². The van der Waals surface area contributed by atoms with Crippen molar-refractivity contribution < 1.29 is 4.79 Å². The fourth-order valence-corrected chi connectivity index (χ4v) is 4.06. The Balaban J connectivity index is 0.000000425. The van der Waals surface area contributed by atoms with Crippen molar-refractivity contribution in [3.63, 3.8) is 0 Å². The fraction of sp³-hybridized carbons (Fsp3) is 0.467. The molecule has 1 heterocycles. The van der Waals surface area contributed by atoms with Crippen LogP contribution in [0.4, 0.5) is 5.69 Å². The van der Waals surface area contributed by atoms with Crippen molar-refractivity contribution in [2.45, 2.75) is 84.5 Å². The zero-order valence-electron chi connectivity index (χ0n) is 23.0. The van der Waals surface area contributed by atoms with Crippen LogP contribution in [0.2, 0.25) is 0 Å². The lowest BCUT2D eigenvalue weighted by Crippen LogP contribution is -2.25. The molecule has 192 valence electrons. The molecule has 2 aromatic rings. The van der Waals surface area contributed by atoms with Crippen molar-refractivity contribution in [2.75, 3.05) is 18.1 Å². The van der Waals surface area contributed by atoms with Crippen LogP contribution in [0.5, 0.6) is 0 Å². The van der Waals surface area contributed by atoms with Gasteiger partial charge in [-0.3, -0.25) is 9.79 Å². The Bertz CT molecular complexity index is 939. The van der Waals surface area contributed by atoms with Gasteiger partial charge in [0.05, 0.1) is 6.42 Å². The molecule has 5 heteroatoms. The summed E-state index contributed by atoms with van der Waals surface area (Å²) in [6, 6.07) is 16.3. The topological polar surface area (TPSA) is 53.5 Å². The molecule has 1 amide bonds. The molecule has 3 rings (SSSR count). The molecule has 0 aromatic heterocycles. The second-order valence-corrected chi connectivity index (χ2v) is 10.4. The number of carbonyl (C=O) groups excluding carboxylic acids is 1. The zero-order chi connectivity index (χ0) is 26.3. The lowest BCUT2D eigenvalue weighted by Gasteiger charge is -2.19. The number of allylic oxidation sites excluding steroid dienone is 2. The summed E-state index contributed by atoms with van der Waals surface area (Å²) in [4.78, 5) is 17.5. The Morgan fingerprint density at radius 2 is 1.66 bits per heavy atom.